The topological polar surface area (TPSA) is 12.0 Å². The van der Waals surface area contributed by atoms with Crippen LogP contribution in [0.1, 0.15) is 36.1 Å². The van der Waals surface area contributed by atoms with E-state index in [1.54, 1.807) is 0 Å². The number of aryl methyl sites for hydroxylation is 1. The van der Waals surface area contributed by atoms with Gasteiger partial charge in [0.25, 0.3) is 0 Å². The fourth-order valence-corrected chi connectivity index (χ4v) is 3.61. The molecule has 1 nitrogen and oxygen atoms in total. The molecule has 0 saturated heterocycles. The molecule has 20 heavy (non-hydrogen) atoms. The Morgan fingerprint density at radius 1 is 1.25 bits per heavy atom. The fourth-order valence-electron chi connectivity index (χ4n) is 1.84. The van der Waals surface area contributed by atoms with Gasteiger partial charge >= 0.3 is 0 Å². The lowest BCUT2D eigenvalue weighted by molar-refractivity contribution is 0.604. The summed E-state index contributed by atoms with van der Waals surface area (Å²) in [5.74, 6) is 0. The molecule has 1 N–H and O–H groups in total. The van der Waals surface area contributed by atoms with Crippen molar-refractivity contribution in [3.05, 3.63) is 49.1 Å². The van der Waals surface area contributed by atoms with Crippen molar-refractivity contribution in [1.29, 1.82) is 0 Å². The molecule has 0 spiro atoms. The predicted octanol–water partition coefficient (Wildman–Crippen LogP) is 6.38. The van der Waals surface area contributed by atoms with E-state index in [1.807, 2.05) is 30.4 Å². The molecule has 1 heterocycles. The smallest absolute Gasteiger partial charge is 0.0502 e. The minimum atomic E-state index is 0.219. The van der Waals surface area contributed by atoms with E-state index in [0.717, 1.165) is 27.3 Å². The summed E-state index contributed by atoms with van der Waals surface area (Å²) in [6.07, 6.45) is 0. The highest BCUT2D eigenvalue weighted by molar-refractivity contribution is 9.10. The number of thiophene rings is 1. The van der Waals surface area contributed by atoms with Crippen LogP contribution in [0, 0.1) is 6.92 Å². The summed E-state index contributed by atoms with van der Waals surface area (Å²) >= 11 is 11.6. The van der Waals surface area contributed by atoms with E-state index in [2.05, 4.69) is 54.2 Å². The largest absolute Gasteiger partial charge is 0.379 e. The Morgan fingerprint density at radius 2 is 1.95 bits per heavy atom. The zero-order chi connectivity index (χ0) is 14.9. The maximum absolute atomic E-state index is 6.17. The third kappa shape index (κ3) is 3.78. The van der Waals surface area contributed by atoms with Crippen LogP contribution in [-0.2, 0) is 12.0 Å². The van der Waals surface area contributed by atoms with Crippen LogP contribution in [-0.4, -0.2) is 0 Å². The first-order valence-electron chi connectivity index (χ1n) is 6.56. The molecule has 0 bridgehead atoms. The minimum Gasteiger partial charge on any atom is -0.379 e. The number of rotatable bonds is 3. The standard InChI is InChI=1S/C16H19BrClNS/c1-10-7-12(17)14(8-13(10)18)19-9-11-5-6-15(20-11)16(2,3)4/h5-8,19H,9H2,1-4H3. The van der Waals surface area contributed by atoms with E-state index in [0.29, 0.717) is 0 Å². The van der Waals surface area contributed by atoms with Gasteiger partial charge in [0.15, 0.2) is 0 Å². The van der Waals surface area contributed by atoms with Crippen LogP contribution in [0.25, 0.3) is 0 Å². The Hall–Kier alpha value is -0.510. The molecule has 0 fully saturated rings. The van der Waals surface area contributed by atoms with E-state index in [4.69, 9.17) is 11.6 Å². The monoisotopic (exact) mass is 371 g/mol. The second-order valence-corrected chi connectivity index (χ2v) is 8.38. The molecule has 0 aliphatic carbocycles. The van der Waals surface area contributed by atoms with Crippen molar-refractivity contribution in [3.8, 4) is 0 Å². The van der Waals surface area contributed by atoms with Crippen molar-refractivity contribution in [2.45, 2.75) is 39.7 Å². The van der Waals surface area contributed by atoms with Gasteiger partial charge in [0.1, 0.15) is 0 Å². The van der Waals surface area contributed by atoms with Crippen molar-refractivity contribution in [3.63, 3.8) is 0 Å². The molecule has 2 aromatic rings. The summed E-state index contributed by atoms with van der Waals surface area (Å²) in [6.45, 7) is 9.55. The Bertz CT molecular complexity index is 613. The van der Waals surface area contributed by atoms with E-state index >= 15 is 0 Å². The summed E-state index contributed by atoms with van der Waals surface area (Å²) in [7, 11) is 0. The maximum Gasteiger partial charge on any atom is 0.0502 e. The summed E-state index contributed by atoms with van der Waals surface area (Å²) in [5.41, 5.74) is 2.33. The van der Waals surface area contributed by atoms with Crippen molar-refractivity contribution < 1.29 is 0 Å². The van der Waals surface area contributed by atoms with Gasteiger partial charge in [-0.25, -0.2) is 0 Å². The van der Waals surface area contributed by atoms with Crippen LogP contribution in [0.2, 0.25) is 5.02 Å². The normalized spacial score (nSPS) is 11.7. The van der Waals surface area contributed by atoms with Gasteiger partial charge in [-0.3, -0.25) is 0 Å². The van der Waals surface area contributed by atoms with Crippen molar-refractivity contribution >= 4 is 44.6 Å². The lowest BCUT2D eigenvalue weighted by atomic mass is 9.95. The summed E-state index contributed by atoms with van der Waals surface area (Å²) < 4.78 is 1.05. The van der Waals surface area contributed by atoms with Crippen LogP contribution < -0.4 is 5.32 Å². The predicted molar refractivity (Wildman–Crippen MR) is 94.2 cm³/mol. The molecule has 1 aromatic carbocycles. The number of halogens is 2. The number of hydrogen-bond donors (Lipinski definition) is 1. The molecular formula is C16H19BrClNS. The average Bonchev–Trinajstić information content (AvgIpc) is 2.80. The minimum absolute atomic E-state index is 0.219. The molecule has 2 rings (SSSR count). The lowest BCUT2D eigenvalue weighted by Crippen LogP contribution is -2.07. The molecule has 0 saturated carbocycles. The van der Waals surface area contributed by atoms with Crippen LogP contribution >= 0.6 is 38.9 Å². The highest BCUT2D eigenvalue weighted by Gasteiger charge is 2.16. The molecule has 0 unspecified atom stereocenters. The Kier molecular flexibility index (Phi) is 4.83. The highest BCUT2D eigenvalue weighted by Crippen LogP contribution is 2.32. The van der Waals surface area contributed by atoms with E-state index in [1.165, 1.54) is 9.75 Å². The zero-order valence-corrected chi connectivity index (χ0v) is 15.3. The van der Waals surface area contributed by atoms with Crippen molar-refractivity contribution in [1.82, 2.24) is 0 Å². The van der Waals surface area contributed by atoms with Crippen LogP contribution in [0.15, 0.2) is 28.7 Å². The molecule has 4 heteroatoms. The number of anilines is 1. The third-order valence-electron chi connectivity index (χ3n) is 3.10. The number of benzene rings is 1. The summed E-state index contributed by atoms with van der Waals surface area (Å²) in [4.78, 5) is 2.74. The Balaban J connectivity index is 2.09. The fraction of sp³-hybridized carbons (Fsp3) is 0.375. The molecular weight excluding hydrogens is 354 g/mol. The summed E-state index contributed by atoms with van der Waals surface area (Å²) in [6, 6.07) is 8.43. The van der Waals surface area contributed by atoms with Gasteiger partial charge in [-0.2, -0.15) is 0 Å². The first-order valence-corrected chi connectivity index (χ1v) is 8.55. The van der Waals surface area contributed by atoms with E-state index in [9.17, 15) is 0 Å². The van der Waals surface area contributed by atoms with Gasteiger partial charge < -0.3 is 5.32 Å². The van der Waals surface area contributed by atoms with Gasteiger partial charge in [0.05, 0.1) is 5.69 Å². The van der Waals surface area contributed by atoms with Crippen molar-refractivity contribution in [2.75, 3.05) is 5.32 Å². The van der Waals surface area contributed by atoms with Crippen LogP contribution in [0.3, 0.4) is 0 Å². The molecule has 0 atom stereocenters. The van der Waals surface area contributed by atoms with Gasteiger partial charge in [0.2, 0.25) is 0 Å². The van der Waals surface area contributed by atoms with Crippen LogP contribution in [0.4, 0.5) is 5.69 Å². The summed E-state index contributed by atoms with van der Waals surface area (Å²) in [5, 5.41) is 4.23. The maximum atomic E-state index is 6.17. The van der Waals surface area contributed by atoms with Gasteiger partial charge in [-0.05, 0) is 58.1 Å². The average molecular weight is 373 g/mol. The molecule has 0 aliphatic rings. The van der Waals surface area contributed by atoms with Gasteiger partial charge in [-0.1, -0.05) is 32.4 Å². The Labute approximate surface area is 138 Å². The zero-order valence-electron chi connectivity index (χ0n) is 12.2. The lowest BCUT2D eigenvalue weighted by Gasteiger charge is -2.15. The molecule has 0 aliphatic heterocycles. The second kappa shape index (κ2) is 6.08. The van der Waals surface area contributed by atoms with Gasteiger partial charge in [-0.15, -0.1) is 11.3 Å². The van der Waals surface area contributed by atoms with E-state index < -0.39 is 0 Å². The molecule has 1 aromatic heterocycles. The number of hydrogen-bond acceptors (Lipinski definition) is 2. The first kappa shape index (κ1) is 15.9. The molecule has 0 amide bonds. The first-order chi connectivity index (χ1) is 9.27. The van der Waals surface area contributed by atoms with Gasteiger partial charge in [0, 0.05) is 25.8 Å². The Morgan fingerprint density at radius 3 is 2.55 bits per heavy atom. The molecule has 108 valence electrons. The van der Waals surface area contributed by atoms with Crippen molar-refractivity contribution in [2.24, 2.45) is 0 Å². The second-order valence-electron chi connectivity index (χ2n) is 5.95. The SMILES string of the molecule is Cc1cc(Br)c(NCc2ccc(C(C)(C)C)s2)cc1Cl. The third-order valence-corrected chi connectivity index (χ3v) is 5.68. The quantitative estimate of drug-likeness (QED) is 0.659. The number of nitrogens with one attached hydrogen (secondary N) is 1. The van der Waals surface area contributed by atoms with E-state index in [-0.39, 0.29) is 5.41 Å². The molecule has 0 radical (unpaired) electrons. The van der Waals surface area contributed by atoms with Crippen LogP contribution in [0.5, 0.6) is 0 Å². The highest BCUT2D eigenvalue weighted by atomic mass is 79.9.